The Bertz CT molecular complexity index is 614. The van der Waals surface area contributed by atoms with Crippen LogP contribution >= 0.6 is 15.9 Å². The quantitative estimate of drug-likeness (QED) is 0.850. The van der Waals surface area contributed by atoms with Gasteiger partial charge in [0, 0.05) is 24.0 Å². The Hall–Kier alpha value is -1.43. The fourth-order valence-corrected chi connectivity index (χ4v) is 2.86. The number of hydrogen-bond donors (Lipinski definition) is 0. The maximum absolute atomic E-state index is 13.3. The smallest absolute Gasteiger partial charge is 0.318 e. The molecular weight excluding hydrogens is 313 g/mol. The van der Waals surface area contributed by atoms with Gasteiger partial charge in [-0.05, 0) is 29.7 Å². The van der Waals surface area contributed by atoms with E-state index in [1.54, 1.807) is 6.07 Å². The molecule has 6 heteroatoms. The first-order chi connectivity index (χ1) is 9.17. The summed E-state index contributed by atoms with van der Waals surface area (Å²) in [5.74, 6) is 0.434. The average Bonchev–Trinajstić information content (AvgIpc) is 2.87. The lowest BCUT2D eigenvalue weighted by Crippen LogP contribution is -2.31. The van der Waals surface area contributed by atoms with Gasteiger partial charge in [-0.2, -0.15) is 0 Å². The number of anilines is 1. The van der Waals surface area contributed by atoms with Crippen LogP contribution in [0.2, 0.25) is 0 Å². The summed E-state index contributed by atoms with van der Waals surface area (Å²) in [5, 5.41) is 8.02. The molecule has 0 bridgehead atoms. The van der Waals surface area contributed by atoms with E-state index in [9.17, 15) is 4.39 Å². The first-order valence-electron chi connectivity index (χ1n) is 6.21. The number of aromatic nitrogens is 2. The summed E-state index contributed by atoms with van der Waals surface area (Å²) in [5.41, 5.74) is 2.13. The second-order valence-electron chi connectivity index (χ2n) is 4.53. The highest BCUT2D eigenvalue weighted by atomic mass is 79.9. The summed E-state index contributed by atoms with van der Waals surface area (Å²) in [6.45, 7) is 3.39. The number of rotatable bonds is 2. The topological polar surface area (TPSA) is 42.2 Å². The van der Waals surface area contributed by atoms with Crippen molar-refractivity contribution in [3.05, 3.63) is 39.4 Å². The van der Waals surface area contributed by atoms with Crippen LogP contribution in [-0.2, 0) is 19.4 Å². The van der Waals surface area contributed by atoms with Gasteiger partial charge in [-0.25, -0.2) is 4.39 Å². The molecule has 3 rings (SSSR count). The van der Waals surface area contributed by atoms with Gasteiger partial charge in [0.25, 0.3) is 0 Å². The van der Waals surface area contributed by atoms with Gasteiger partial charge in [0.15, 0.2) is 0 Å². The molecule has 0 unspecified atom stereocenters. The molecule has 0 saturated carbocycles. The van der Waals surface area contributed by atoms with E-state index in [4.69, 9.17) is 4.42 Å². The van der Waals surface area contributed by atoms with E-state index >= 15 is 0 Å². The Balaban J connectivity index is 1.89. The van der Waals surface area contributed by atoms with Crippen molar-refractivity contribution in [1.82, 2.24) is 10.2 Å². The molecule has 0 N–H and O–H groups in total. The van der Waals surface area contributed by atoms with Gasteiger partial charge in [-0.1, -0.05) is 28.0 Å². The van der Waals surface area contributed by atoms with Crippen LogP contribution in [0.15, 0.2) is 21.0 Å². The van der Waals surface area contributed by atoms with Gasteiger partial charge in [-0.3, -0.25) is 0 Å². The van der Waals surface area contributed by atoms with E-state index in [1.807, 2.05) is 11.8 Å². The summed E-state index contributed by atoms with van der Waals surface area (Å²) in [6, 6.07) is 3.63. The van der Waals surface area contributed by atoms with Crippen molar-refractivity contribution in [2.24, 2.45) is 0 Å². The molecule has 0 atom stereocenters. The largest absolute Gasteiger partial charge is 0.408 e. The van der Waals surface area contributed by atoms with Gasteiger partial charge >= 0.3 is 6.01 Å². The van der Waals surface area contributed by atoms with Crippen LogP contribution in [0.25, 0.3) is 0 Å². The van der Waals surface area contributed by atoms with E-state index < -0.39 is 0 Å². The van der Waals surface area contributed by atoms with Gasteiger partial charge in [0.1, 0.15) is 5.82 Å². The van der Waals surface area contributed by atoms with E-state index in [0.717, 1.165) is 35.0 Å². The summed E-state index contributed by atoms with van der Waals surface area (Å²) in [7, 11) is 0. The number of fused-ring (bicyclic) bond motifs is 1. The molecule has 0 fully saturated rings. The van der Waals surface area contributed by atoms with Crippen LogP contribution in [0.5, 0.6) is 0 Å². The summed E-state index contributed by atoms with van der Waals surface area (Å²) < 4.78 is 19.7. The predicted molar refractivity (Wildman–Crippen MR) is 72.5 cm³/mol. The summed E-state index contributed by atoms with van der Waals surface area (Å²) >= 11 is 3.42. The van der Waals surface area contributed by atoms with Crippen LogP contribution < -0.4 is 4.90 Å². The Morgan fingerprint density at radius 2 is 2.26 bits per heavy atom. The molecule has 19 heavy (non-hydrogen) atoms. The van der Waals surface area contributed by atoms with Crippen molar-refractivity contribution in [3.8, 4) is 0 Å². The molecule has 0 radical (unpaired) electrons. The first kappa shape index (κ1) is 12.6. The Kier molecular flexibility index (Phi) is 3.26. The molecule has 1 aliphatic rings. The van der Waals surface area contributed by atoms with E-state index in [-0.39, 0.29) is 5.82 Å². The van der Waals surface area contributed by atoms with Crippen molar-refractivity contribution in [2.75, 3.05) is 11.4 Å². The fraction of sp³-hybridized carbons (Fsp3) is 0.385. The predicted octanol–water partition coefficient (Wildman–Crippen LogP) is 3.10. The molecule has 0 amide bonds. The van der Waals surface area contributed by atoms with E-state index in [1.165, 1.54) is 6.07 Å². The Morgan fingerprint density at radius 3 is 3.00 bits per heavy atom. The highest BCUT2D eigenvalue weighted by molar-refractivity contribution is 9.10. The van der Waals surface area contributed by atoms with Crippen molar-refractivity contribution in [1.29, 1.82) is 0 Å². The Labute approximate surface area is 118 Å². The number of benzene rings is 1. The maximum atomic E-state index is 13.3. The monoisotopic (exact) mass is 325 g/mol. The van der Waals surface area contributed by atoms with Crippen molar-refractivity contribution < 1.29 is 8.81 Å². The lowest BCUT2D eigenvalue weighted by Gasteiger charge is -2.27. The third-order valence-corrected chi connectivity index (χ3v) is 3.99. The minimum atomic E-state index is -0.204. The van der Waals surface area contributed by atoms with Crippen LogP contribution in [0.3, 0.4) is 0 Å². The Morgan fingerprint density at radius 1 is 1.42 bits per heavy atom. The lowest BCUT2D eigenvalue weighted by atomic mass is 10.00. The molecule has 0 saturated heterocycles. The van der Waals surface area contributed by atoms with Crippen LogP contribution in [0, 0.1) is 5.82 Å². The highest BCUT2D eigenvalue weighted by Gasteiger charge is 2.23. The van der Waals surface area contributed by atoms with E-state index in [2.05, 4.69) is 26.1 Å². The minimum Gasteiger partial charge on any atom is -0.408 e. The van der Waals surface area contributed by atoms with E-state index in [0.29, 0.717) is 18.5 Å². The highest BCUT2D eigenvalue weighted by Crippen LogP contribution is 2.30. The first-order valence-corrected chi connectivity index (χ1v) is 7.00. The molecule has 1 aromatic carbocycles. The van der Waals surface area contributed by atoms with Crippen molar-refractivity contribution in [3.63, 3.8) is 0 Å². The lowest BCUT2D eigenvalue weighted by molar-refractivity contribution is 0.482. The van der Waals surface area contributed by atoms with Gasteiger partial charge in [0.05, 0.1) is 0 Å². The normalized spacial score (nSPS) is 14.6. The second-order valence-corrected chi connectivity index (χ2v) is 5.38. The molecule has 1 aliphatic heterocycles. The van der Waals surface area contributed by atoms with Crippen LogP contribution in [0.4, 0.5) is 10.4 Å². The third kappa shape index (κ3) is 2.36. The zero-order valence-electron chi connectivity index (χ0n) is 10.5. The van der Waals surface area contributed by atoms with Crippen LogP contribution in [0.1, 0.15) is 23.9 Å². The third-order valence-electron chi connectivity index (χ3n) is 3.28. The molecule has 1 aromatic heterocycles. The number of aryl methyl sites for hydroxylation is 1. The number of nitrogens with zero attached hydrogens (tertiary/aromatic N) is 3. The maximum Gasteiger partial charge on any atom is 0.318 e. The zero-order valence-corrected chi connectivity index (χ0v) is 12.1. The molecular formula is C13H13BrFN3O. The molecule has 4 nitrogen and oxygen atoms in total. The standard InChI is InChI=1S/C13H13BrFN3O/c1-2-12-16-17-13(19-12)18-4-3-8-5-9(15)6-11(14)10(8)7-18/h5-6H,2-4,7H2,1H3. The molecule has 0 aliphatic carbocycles. The zero-order chi connectivity index (χ0) is 13.4. The fourth-order valence-electron chi connectivity index (χ4n) is 2.26. The second kappa shape index (κ2) is 4.92. The molecule has 2 aromatic rings. The van der Waals surface area contributed by atoms with Crippen LogP contribution in [-0.4, -0.2) is 16.7 Å². The molecule has 2 heterocycles. The van der Waals surface area contributed by atoms with Gasteiger partial charge < -0.3 is 9.32 Å². The molecule has 0 spiro atoms. The van der Waals surface area contributed by atoms with Gasteiger partial charge in [-0.15, -0.1) is 5.10 Å². The number of halogens is 2. The van der Waals surface area contributed by atoms with Gasteiger partial charge in [0.2, 0.25) is 5.89 Å². The van der Waals surface area contributed by atoms with Crippen molar-refractivity contribution in [2.45, 2.75) is 26.3 Å². The average molecular weight is 326 g/mol. The minimum absolute atomic E-state index is 0.204. The summed E-state index contributed by atoms with van der Waals surface area (Å²) in [6.07, 6.45) is 1.50. The summed E-state index contributed by atoms with van der Waals surface area (Å²) in [4.78, 5) is 2.02. The molecule has 100 valence electrons. The van der Waals surface area contributed by atoms with Crippen molar-refractivity contribution >= 4 is 21.9 Å². The number of hydrogen-bond acceptors (Lipinski definition) is 4. The SMILES string of the molecule is CCc1nnc(N2CCc3cc(F)cc(Br)c3C2)o1.